The molecular formula is C29H33Cl2N2O8P. The van der Waals surface area contributed by atoms with Crippen LogP contribution in [0, 0.1) is 28.6 Å². The Morgan fingerprint density at radius 3 is 2.24 bits per heavy atom. The van der Waals surface area contributed by atoms with Gasteiger partial charge in [0.2, 0.25) is 12.0 Å². The third-order valence-corrected chi connectivity index (χ3v) is 7.90. The van der Waals surface area contributed by atoms with Crippen molar-refractivity contribution in [2.24, 2.45) is 17.3 Å². The van der Waals surface area contributed by atoms with Crippen molar-refractivity contribution in [3.8, 4) is 17.6 Å². The first-order chi connectivity index (χ1) is 19.8. The van der Waals surface area contributed by atoms with E-state index in [2.05, 4.69) is 14.4 Å². The van der Waals surface area contributed by atoms with E-state index < -0.39 is 19.9 Å². The number of ether oxygens (including phenoxy) is 2. The maximum absolute atomic E-state index is 12.6. The summed E-state index contributed by atoms with van der Waals surface area (Å²) in [5, 5.41) is 11.9. The van der Waals surface area contributed by atoms with E-state index in [0.29, 0.717) is 17.1 Å². The number of nitriles is 1. The molecule has 1 aliphatic rings. The number of allylic oxidation sites excluding steroid dienone is 2. The van der Waals surface area contributed by atoms with Crippen molar-refractivity contribution in [1.29, 1.82) is 5.26 Å². The highest BCUT2D eigenvalue weighted by molar-refractivity contribution is 7.48. The molecule has 0 radical (unpaired) electrons. The number of phosphoric ester groups is 1. The summed E-state index contributed by atoms with van der Waals surface area (Å²) in [7, 11) is 0.302. The number of benzene rings is 2. The molecular weight excluding hydrogens is 606 g/mol. The van der Waals surface area contributed by atoms with Crippen molar-refractivity contribution in [1.82, 2.24) is 5.32 Å². The van der Waals surface area contributed by atoms with Crippen molar-refractivity contribution in [3.05, 3.63) is 82.6 Å². The number of likely N-dealkylation sites (N-methyl/N-ethyl adjacent to an activating group) is 1. The summed E-state index contributed by atoms with van der Waals surface area (Å²) in [6.07, 6.45) is 1.76. The van der Waals surface area contributed by atoms with Crippen molar-refractivity contribution in [2.45, 2.75) is 26.9 Å². The lowest BCUT2D eigenvalue weighted by Crippen LogP contribution is -2.15. The highest BCUT2D eigenvalue weighted by Crippen LogP contribution is 2.60. The fourth-order valence-corrected chi connectivity index (χ4v) is 4.88. The maximum atomic E-state index is 12.6. The molecule has 1 N–H and O–H groups in total. The highest BCUT2D eigenvalue weighted by Gasteiger charge is 2.62. The second-order valence-electron chi connectivity index (χ2n) is 9.49. The van der Waals surface area contributed by atoms with E-state index in [1.165, 1.54) is 28.2 Å². The van der Waals surface area contributed by atoms with E-state index in [1.807, 2.05) is 50.2 Å². The van der Waals surface area contributed by atoms with E-state index in [1.54, 1.807) is 30.3 Å². The molecule has 42 heavy (non-hydrogen) atoms. The van der Waals surface area contributed by atoms with E-state index in [9.17, 15) is 19.4 Å². The van der Waals surface area contributed by atoms with Crippen LogP contribution in [0.2, 0.25) is 0 Å². The molecule has 1 aliphatic carbocycles. The second kappa shape index (κ2) is 15.8. The molecule has 0 saturated heterocycles. The first-order valence-corrected chi connectivity index (χ1v) is 14.8. The molecule has 0 heterocycles. The molecule has 10 nitrogen and oxygen atoms in total. The Morgan fingerprint density at radius 1 is 1.07 bits per heavy atom. The Kier molecular flexibility index (Phi) is 13.1. The van der Waals surface area contributed by atoms with Gasteiger partial charge in [0.25, 0.3) is 0 Å². The Morgan fingerprint density at radius 2 is 1.69 bits per heavy atom. The monoisotopic (exact) mass is 638 g/mol. The third kappa shape index (κ3) is 10.2. The Hall–Kier alpha value is -3.32. The number of para-hydroxylation sites is 1. The number of rotatable bonds is 11. The van der Waals surface area contributed by atoms with Gasteiger partial charge in [-0.2, -0.15) is 5.26 Å². The number of esters is 1. The molecule has 3 rings (SSSR count). The molecule has 0 spiro atoms. The summed E-state index contributed by atoms with van der Waals surface area (Å²) in [5.41, 5.74) is 0.231. The van der Waals surface area contributed by atoms with Crippen LogP contribution in [0.15, 0.2) is 77.0 Å². The summed E-state index contributed by atoms with van der Waals surface area (Å²) in [4.78, 5) is 23.5. The number of carbonyl (C=O) groups is 2. The molecule has 1 amide bonds. The summed E-state index contributed by atoms with van der Waals surface area (Å²) >= 11 is 11.5. The van der Waals surface area contributed by atoms with Gasteiger partial charge in [-0.3, -0.25) is 18.6 Å². The molecule has 1 saturated carbocycles. The lowest BCUT2D eigenvalue weighted by Gasteiger charge is -2.13. The maximum Gasteiger partial charge on any atom is 0.529 e. The number of carbonyl (C=O) groups excluding carboxylic acids is 2. The average molecular weight is 639 g/mol. The molecule has 2 aromatic carbocycles. The van der Waals surface area contributed by atoms with Crippen LogP contribution in [0.1, 0.15) is 32.4 Å². The topological polar surface area (TPSA) is 133 Å². The zero-order chi connectivity index (χ0) is 31.5. The molecule has 226 valence electrons. The number of phosphoric acid groups is 1. The zero-order valence-electron chi connectivity index (χ0n) is 24.0. The molecule has 3 atom stereocenters. The predicted molar refractivity (Wildman–Crippen MR) is 158 cm³/mol. The first-order valence-electron chi connectivity index (χ1n) is 12.6. The Balaban J connectivity index is 0.000000374. The van der Waals surface area contributed by atoms with Gasteiger partial charge in [-0.15, -0.1) is 0 Å². The number of hydrogen-bond acceptors (Lipinski definition) is 9. The van der Waals surface area contributed by atoms with Gasteiger partial charge in [0, 0.05) is 32.9 Å². The van der Waals surface area contributed by atoms with Crippen molar-refractivity contribution in [2.75, 3.05) is 21.3 Å². The lowest BCUT2D eigenvalue weighted by molar-refractivity contribution is -0.149. The van der Waals surface area contributed by atoms with Crippen molar-refractivity contribution >= 4 is 42.9 Å². The molecule has 0 bridgehead atoms. The standard InChI is InChI=1S/C22H19Cl2NO3.C7H14NO5P/c1-22(2)17(12-19(23)24)20(22)21(26)28-18(13-25)14-7-6-10-16(11-14)27-15-8-4-3-5-9-15;1-6(5-7(9)8-2)13-14(10,11-3)12-4/h3-12,17-18,20H,1-2H3;5H,1-4H3,(H,8,9)/b;6-5+/t17-,18-,20-;/m1./s1. The minimum atomic E-state index is -3.55. The molecule has 1 fully saturated rings. The summed E-state index contributed by atoms with van der Waals surface area (Å²) in [6.45, 7) is 5.35. The predicted octanol–water partition coefficient (Wildman–Crippen LogP) is 7.23. The van der Waals surface area contributed by atoms with Crippen LogP contribution in [-0.4, -0.2) is 33.1 Å². The second-order valence-corrected chi connectivity index (χ2v) is 12.3. The van der Waals surface area contributed by atoms with Crippen LogP contribution in [0.4, 0.5) is 0 Å². The minimum absolute atomic E-state index is 0.114. The van der Waals surface area contributed by atoms with Gasteiger partial charge in [0.1, 0.15) is 27.8 Å². The summed E-state index contributed by atoms with van der Waals surface area (Å²) < 4.78 is 36.6. The van der Waals surface area contributed by atoms with Gasteiger partial charge in [-0.1, -0.05) is 67.4 Å². The largest absolute Gasteiger partial charge is 0.529 e. The fraction of sp³-hybridized carbons (Fsp3) is 0.345. The van der Waals surface area contributed by atoms with Gasteiger partial charge in [0.05, 0.1) is 5.92 Å². The van der Waals surface area contributed by atoms with Gasteiger partial charge < -0.3 is 19.3 Å². The highest BCUT2D eigenvalue weighted by atomic mass is 35.5. The minimum Gasteiger partial charge on any atom is -0.457 e. The van der Waals surface area contributed by atoms with E-state index in [4.69, 9.17) is 37.2 Å². The van der Waals surface area contributed by atoms with Crippen molar-refractivity contribution < 1.29 is 37.2 Å². The van der Waals surface area contributed by atoms with Crippen LogP contribution < -0.4 is 10.1 Å². The SMILES string of the molecule is CC1(C)[C@H](C=C(Cl)Cl)[C@@H]1C(=O)O[C@H](C#N)c1cccc(Oc2ccccc2)c1.CNC(=O)/C=C(\C)OP(=O)(OC)OC. The average Bonchev–Trinajstić information content (AvgIpc) is 3.50. The number of halogens is 2. The molecule has 0 aliphatic heterocycles. The van der Waals surface area contributed by atoms with E-state index in [-0.39, 0.29) is 33.4 Å². The molecule has 0 unspecified atom stereocenters. The van der Waals surface area contributed by atoms with Gasteiger partial charge in [0.15, 0.2) is 0 Å². The molecule has 13 heteroatoms. The molecule has 0 aromatic heterocycles. The van der Waals surface area contributed by atoms with E-state index in [0.717, 1.165) is 6.08 Å². The fourth-order valence-electron chi connectivity index (χ4n) is 3.91. The quantitative estimate of drug-likeness (QED) is 0.117. The van der Waals surface area contributed by atoms with Crippen LogP contribution >= 0.6 is 31.0 Å². The normalized spacial score (nSPS) is 17.7. The van der Waals surface area contributed by atoms with Gasteiger partial charge >= 0.3 is 13.8 Å². The number of hydrogen-bond donors (Lipinski definition) is 1. The van der Waals surface area contributed by atoms with Crippen LogP contribution in [-0.2, 0) is 32.5 Å². The van der Waals surface area contributed by atoms with Crippen LogP contribution in [0.25, 0.3) is 0 Å². The van der Waals surface area contributed by atoms with Crippen LogP contribution in [0.5, 0.6) is 11.5 Å². The van der Waals surface area contributed by atoms with Gasteiger partial charge in [-0.25, -0.2) is 4.57 Å². The Bertz CT molecular complexity index is 1380. The Labute approximate surface area is 255 Å². The van der Waals surface area contributed by atoms with Crippen molar-refractivity contribution in [3.63, 3.8) is 0 Å². The summed E-state index contributed by atoms with van der Waals surface area (Å²) in [5.74, 6) is 0.0787. The molecule has 2 aromatic rings. The number of nitrogens with zero attached hydrogens (tertiary/aromatic N) is 1. The summed E-state index contributed by atoms with van der Waals surface area (Å²) in [6, 6.07) is 18.3. The van der Waals surface area contributed by atoms with Crippen LogP contribution in [0.3, 0.4) is 0 Å². The first kappa shape index (κ1) is 34.9. The number of amides is 1. The van der Waals surface area contributed by atoms with Gasteiger partial charge in [-0.05, 0) is 48.6 Å². The smallest absolute Gasteiger partial charge is 0.457 e. The lowest BCUT2D eigenvalue weighted by atomic mass is 10.1. The zero-order valence-corrected chi connectivity index (χ0v) is 26.4. The third-order valence-electron chi connectivity index (χ3n) is 6.24. The van der Waals surface area contributed by atoms with E-state index >= 15 is 0 Å². The number of nitrogens with one attached hydrogen (secondary N) is 1.